The summed E-state index contributed by atoms with van der Waals surface area (Å²) in [5.74, 6) is -0.843. The Morgan fingerprint density at radius 1 is 0.862 bits per heavy atom. The number of amides is 2. The summed E-state index contributed by atoms with van der Waals surface area (Å²) in [7, 11) is 0. The molecule has 7 heteroatoms. The number of nitrogens with zero attached hydrogens (tertiary/aromatic N) is 2. The fraction of sp³-hybridized carbons (Fsp3) is 0. The van der Waals surface area contributed by atoms with E-state index in [1.54, 1.807) is 66.7 Å². The summed E-state index contributed by atoms with van der Waals surface area (Å²) in [6.45, 7) is 0. The summed E-state index contributed by atoms with van der Waals surface area (Å²) in [5.41, 5.74) is 7.59. The lowest BCUT2D eigenvalue weighted by atomic mass is 10.1. The molecule has 0 saturated carbocycles. The van der Waals surface area contributed by atoms with Gasteiger partial charge < -0.3 is 11.1 Å². The molecule has 0 bridgehead atoms. The molecule has 1 aromatic heterocycles. The molecule has 142 valence electrons. The number of carbonyl (C=O) groups is 2. The molecule has 0 fully saturated rings. The summed E-state index contributed by atoms with van der Waals surface area (Å²) >= 11 is 0. The summed E-state index contributed by atoms with van der Waals surface area (Å²) in [6.07, 6.45) is 1.47. The average Bonchev–Trinajstić information content (AvgIpc) is 2.75. The Labute approximate surface area is 165 Å². The van der Waals surface area contributed by atoms with Gasteiger partial charge in [-0.15, -0.1) is 0 Å². The number of benzene rings is 3. The number of hydrogen-bond donors (Lipinski definition) is 2. The second-order valence-corrected chi connectivity index (χ2v) is 6.38. The SMILES string of the molecule is NC(=O)c1ccc(NC(=O)c2ccc(-n3cnc4ccccc4c3=O)cc2)cc1. The Balaban J connectivity index is 1.56. The van der Waals surface area contributed by atoms with E-state index >= 15 is 0 Å². The van der Waals surface area contributed by atoms with Gasteiger partial charge in [0.15, 0.2) is 0 Å². The van der Waals surface area contributed by atoms with E-state index in [9.17, 15) is 14.4 Å². The number of hydrogen-bond acceptors (Lipinski definition) is 4. The van der Waals surface area contributed by atoms with E-state index in [1.807, 2.05) is 6.07 Å². The maximum atomic E-state index is 12.7. The van der Waals surface area contributed by atoms with Crippen molar-refractivity contribution in [3.05, 3.63) is 101 Å². The van der Waals surface area contributed by atoms with Crippen molar-refractivity contribution >= 4 is 28.4 Å². The van der Waals surface area contributed by atoms with E-state index in [1.165, 1.54) is 10.9 Å². The van der Waals surface area contributed by atoms with Crippen LogP contribution in [-0.2, 0) is 0 Å². The van der Waals surface area contributed by atoms with Crippen molar-refractivity contribution in [3.63, 3.8) is 0 Å². The van der Waals surface area contributed by atoms with Crippen molar-refractivity contribution in [1.29, 1.82) is 0 Å². The number of nitrogens with one attached hydrogen (secondary N) is 1. The molecule has 2 amide bonds. The number of para-hydroxylation sites is 1. The Kier molecular flexibility index (Phi) is 4.62. The predicted molar refractivity (Wildman–Crippen MR) is 110 cm³/mol. The maximum absolute atomic E-state index is 12.7. The largest absolute Gasteiger partial charge is 0.366 e. The van der Waals surface area contributed by atoms with Gasteiger partial charge in [0.05, 0.1) is 16.6 Å². The van der Waals surface area contributed by atoms with Crippen LogP contribution in [0.1, 0.15) is 20.7 Å². The van der Waals surface area contributed by atoms with Crippen LogP contribution in [0.2, 0.25) is 0 Å². The second-order valence-electron chi connectivity index (χ2n) is 6.38. The number of fused-ring (bicyclic) bond motifs is 1. The van der Waals surface area contributed by atoms with Crippen LogP contribution in [0.15, 0.2) is 83.9 Å². The van der Waals surface area contributed by atoms with Crippen LogP contribution in [0.3, 0.4) is 0 Å². The minimum atomic E-state index is -0.531. The predicted octanol–water partition coefficient (Wildman–Crippen LogP) is 2.74. The van der Waals surface area contributed by atoms with Crippen molar-refractivity contribution in [3.8, 4) is 5.69 Å². The number of anilines is 1. The smallest absolute Gasteiger partial charge is 0.265 e. The highest BCUT2D eigenvalue weighted by Gasteiger charge is 2.09. The lowest BCUT2D eigenvalue weighted by Crippen LogP contribution is -2.19. The van der Waals surface area contributed by atoms with Crippen molar-refractivity contribution in [2.45, 2.75) is 0 Å². The number of carbonyl (C=O) groups excluding carboxylic acids is 2. The van der Waals surface area contributed by atoms with Crippen LogP contribution in [0, 0.1) is 0 Å². The van der Waals surface area contributed by atoms with Gasteiger partial charge in [0.1, 0.15) is 6.33 Å². The zero-order chi connectivity index (χ0) is 20.4. The first-order valence-electron chi connectivity index (χ1n) is 8.81. The van der Waals surface area contributed by atoms with Gasteiger partial charge in [-0.2, -0.15) is 0 Å². The molecule has 0 spiro atoms. The minimum absolute atomic E-state index is 0.178. The third-order valence-corrected chi connectivity index (χ3v) is 4.50. The van der Waals surface area contributed by atoms with Crippen LogP contribution < -0.4 is 16.6 Å². The average molecular weight is 384 g/mol. The van der Waals surface area contributed by atoms with Gasteiger partial charge in [0, 0.05) is 16.8 Å². The van der Waals surface area contributed by atoms with E-state index in [0.29, 0.717) is 33.4 Å². The highest BCUT2D eigenvalue weighted by atomic mass is 16.2. The number of primary amides is 1. The van der Waals surface area contributed by atoms with E-state index < -0.39 is 5.91 Å². The van der Waals surface area contributed by atoms with Gasteiger partial charge in [-0.05, 0) is 60.7 Å². The lowest BCUT2D eigenvalue weighted by molar-refractivity contribution is 0.0998. The molecule has 0 aliphatic rings. The lowest BCUT2D eigenvalue weighted by Gasteiger charge is -2.09. The fourth-order valence-electron chi connectivity index (χ4n) is 2.95. The first-order valence-corrected chi connectivity index (χ1v) is 8.81. The number of aromatic nitrogens is 2. The number of rotatable bonds is 4. The fourth-order valence-corrected chi connectivity index (χ4v) is 2.95. The Hall–Kier alpha value is -4.26. The first-order chi connectivity index (χ1) is 14.0. The van der Waals surface area contributed by atoms with Crippen LogP contribution in [-0.4, -0.2) is 21.4 Å². The van der Waals surface area contributed by atoms with Gasteiger partial charge in [0.25, 0.3) is 11.5 Å². The second kappa shape index (κ2) is 7.40. The first kappa shape index (κ1) is 18.1. The van der Waals surface area contributed by atoms with Gasteiger partial charge >= 0.3 is 0 Å². The maximum Gasteiger partial charge on any atom is 0.265 e. The molecular weight excluding hydrogens is 368 g/mol. The standard InChI is InChI=1S/C22H16N4O3/c23-20(27)14-5-9-16(10-6-14)25-21(28)15-7-11-17(12-8-15)26-13-24-19-4-2-1-3-18(19)22(26)29/h1-13H,(H2,23,27)(H,25,28). The molecule has 0 aliphatic carbocycles. The van der Waals surface area contributed by atoms with Crippen LogP contribution in [0.25, 0.3) is 16.6 Å². The molecular formula is C22H16N4O3. The Morgan fingerprint density at radius 2 is 1.52 bits per heavy atom. The third kappa shape index (κ3) is 3.61. The molecule has 0 unspecified atom stereocenters. The Bertz CT molecular complexity index is 1280. The number of nitrogens with two attached hydrogens (primary N) is 1. The van der Waals surface area contributed by atoms with Crippen molar-refractivity contribution < 1.29 is 9.59 Å². The molecule has 0 radical (unpaired) electrons. The summed E-state index contributed by atoms with van der Waals surface area (Å²) in [5, 5.41) is 3.27. The monoisotopic (exact) mass is 384 g/mol. The van der Waals surface area contributed by atoms with Gasteiger partial charge in [-0.1, -0.05) is 12.1 Å². The Morgan fingerprint density at radius 3 is 2.21 bits per heavy atom. The molecule has 3 N–H and O–H groups in total. The molecule has 0 atom stereocenters. The summed E-state index contributed by atoms with van der Waals surface area (Å²) in [4.78, 5) is 40.5. The minimum Gasteiger partial charge on any atom is -0.366 e. The molecule has 4 rings (SSSR count). The summed E-state index contributed by atoms with van der Waals surface area (Å²) in [6, 6.07) is 20.0. The molecule has 3 aromatic carbocycles. The highest BCUT2D eigenvalue weighted by Crippen LogP contribution is 2.14. The van der Waals surface area contributed by atoms with Crippen molar-refractivity contribution in [1.82, 2.24) is 9.55 Å². The zero-order valence-electron chi connectivity index (χ0n) is 15.2. The van der Waals surface area contributed by atoms with E-state index in [4.69, 9.17) is 5.73 Å². The van der Waals surface area contributed by atoms with E-state index in [2.05, 4.69) is 10.3 Å². The van der Waals surface area contributed by atoms with Gasteiger partial charge in [0.2, 0.25) is 5.91 Å². The van der Waals surface area contributed by atoms with E-state index in [-0.39, 0.29) is 11.5 Å². The van der Waals surface area contributed by atoms with Gasteiger partial charge in [-0.25, -0.2) is 4.98 Å². The molecule has 0 aliphatic heterocycles. The highest BCUT2D eigenvalue weighted by molar-refractivity contribution is 6.04. The van der Waals surface area contributed by atoms with E-state index in [0.717, 1.165) is 0 Å². The molecule has 0 saturated heterocycles. The molecule has 7 nitrogen and oxygen atoms in total. The molecule has 4 aromatic rings. The topological polar surface area (TPSA) is 107 Å². The quantitative estimate of drug-likeness (QED) is 0.564. The van der Waals surface area contributed by atoms with Crippen molar-refractivity contribution in [2.75, 3.05) is 5.32 Å². The van der Waals surface area contributed by atoms with Crippen molar-refractivity contribution in [2.24, 2.45) is 5.73 Å². The normalized spacial score (nSPS) is 10.6. The van der Waals surface area contributed by atoms with Crippen LogP contribution in [0.5, 0.6) is 0 Å². The summed E-state index contributed by atoms with van der Waals surface area (Å²) < 4.78 is 1.44. The van der Waals surface area contributed by atoms with Gasteiger partial charge in [-0.3, -0.25) is 19.0 Å². The van der Waals surface area contributed by atoms with Crippen LogP contribution >= 0.6 is 0 Å². The molecule has 29 heavy (non-hydrogen) atoms. The zero-order valence-corrected chi connectivity index (χ0v) is 15.2. The third-order valence-electron chi connectivity index (χ3n) is 4.50. The van der Waals surface area contributed by atoms with Crippen LogP contribution in [0.4, 0.5) is 5.69 Å². The molecule has 1 heterocycles.